The summed E-state index contributed by atoms with van der Waals surface area (Å²) in [7, 11) is 0. The quantitative estimate of drug-likeness (QED) is 0.174. The van der Waals surface area contributed by atoms with Crippen LogP contribution in [-0.4, -0.2) is 29.5 Å². The highest BCUT2D eigenvalue weighted by Crippen LogP contribution is 2.64. The molecule has 5 aromatic heterocycles. The summed E-state index contributed by atoms with van der Waals surface area (Å²) in [5.74, 6) is 1.77. The van der Waals surface area contributed by atoms with E-state index in [2.05, 4.69) is 187 Å². The van der Waals surface area contributed by atoms with E-state index in [1.54, 1.807) is 0 Å². The van der Waals surface area contributed by atoms with Crippen LogP contribution in [0, 0.1) is 0 Å². The molecule has 1 spiro atoms. The zero-order valence-electron chi connectivity index (χ0n) is 43.2. The third kappa shape index (κ3) is 5.49. The van der Waals surface area contributed by atoms with Crippen LogP contribution in [0.15, 0.2) is 217 Å². The number of aromatic nitrogens is 6. The molecule has 1 aliphatic heterocycles. The topological polar surface area (TPSA) is 85.8 Å². The summed E-state index contributed by atoms with van der Waals surface area (Å²) < 4.78 is 9.99. The summed E-state index contributed by atoms with van der Waals surface area (Å²) in [5.41, 5.74) is 21.9. The van der Waals surface area contributed by atoms with Gasteiger partial charge in [0.15, 0.2) is 17.2 Å². The molecule has 0 saturated carbocycles. The average molecular weight is 1010 g/mol. The predicted octanol–water partition coefficient (Wildman–Crippen LogP) is 16.7. The van der Waals surface area contributed by atoms with Gasteiger partial charge in [-0.2, -0.15) is 9.97 Å². The molecule has 8 heteroatoms. The van der Waals surface area contributed by atoms with Crippen LogP contribution in [-0.2, 0) is 23.7 Å². The number of para-hydroxylation sites is 3. The van der Waals surface area contributed by atoms with Gasteiger partial charge in [-0.25, -0.2) is 4.98 Å². The minimum Gasteiger partial charge on any atom is -0.453 e. The Kier molecular flexibility index (Phi) is 8.36. The average Bonchev–Trinajstić information content (AvgIpc) is 2.65. The molecule has 0 bridgehead atoms. The van der Waals surface area contributed by atoms with Gasteiger partial charge in [-0.15, -0.1) is 0 Å². The van der Waals surface area contributed by atoms with Crippen molar-refractivity contribution >= 4 is 71.6 Å². The van der Waals surface area contributed by atoms with E-state index in [1.807, 2.05) is 48.8 Å². The molecule has 0 amide bonds. The molecule has 0 saturated heterocycles. The first-order chi connectivity index (χ1) is 38.9. The summed E-state index contributed by atoms with van der Waals surface area (Å²) in [4.78, 5) is 28.4. The highest BCUT2D eigenvalue weighted by molar-refractivity contribution is 6.20. The minimum atomic E-state index is -0.673. The summed E-state index contributed by atoms with van der Waals surface area (Å²) in [6.45, 7) is 4.72. The summed E-state index contributed by atoms with van der Waals surface area (Å²) in [6.07, 6.45) is 5.88. The molecule has 9 aromatic carbocycles. The monoisotopic (exact) mass is 1010 g/mol. The molecule has 14 aromatic rings. The molecule has 18 rings (SSSR count). The molecule has 0 fully saturated rings. The maximum absolute atomic E-state index is 7.75. The van der Waals surface area contributed by atoms with Gasteiger partial charge >= 0.3 is 0 Å². The van der Waals surface area contributed by atoms with Gasteiger partial charge in [0.2, 0.25) is 5.95 Å². The number of hydrogen-bond donors (Lipinski definition) is 0. The molecule has 79 heavy (non-hydrogen) atoms. The second-order valence-corrected chi connectivity index (χ2v) is 22.2. The summed E-state index contributed by atoms with van der Waals surface area (Å²) >= 11 is 0. The molecular weight excluding hydrogens is 967 g/mol. The van der Waals surface area contributed by atoms with Crippen LogP contribution in [0.4, 0.5) is 17.1 Å². The van der Waals surface area contributed by atoms with Crippen molar-refractivity contribution in [2.24, 2.45) is 0 Å². The fourth-order valence-electron chi connectivity index (χ4n) is 14.7. The Morgan fingerprint density at radius 3 is 1.80 bits per heavy atom. The molecule has 0 unspecified atom stereocenters. The number of pyridine rings is 2. The van der Waals surface area contributed by atoms with E-state index >= 15 is 0 Å². The number of benzene rings is 9. The zero-order valence-corrected chi connectivity index (χ0v) is 43.2. The lowest BCUT2D eigenvalue weighted by Crippen LogP contribution is -2.32. The first kappa shape index (κ1) is 43.1. The van der Waals surface area contributed by atoms with E-state index in [-0.39, 0.29) is 5.41 Å². The lowest BCUT2D eigenvalue weighted by atomic mass is 9.61. The number of furan rings is 1. The van der Waals surface area contributed by atoms with Crippen molar-refractivity contribution in [3.8, 4) is 51.2 Å². The van der Waals surface area contributed by atoms with E-state index < -0.39 is 5.41 Å². The van der Waals surface area contributed by atoms with Gasteiger partial charge in [-0.1, -0.05) is 172 Å². The highest BCUT2D eigenvalue weighted by atomic mass is 16.3. The van der Waals surface area contributed by atoms with Crippen LogP contribution in [0.1, 0.15) is 58.4 Å². The van der Waals surface area contributed by atoms with Crippen LogP contribution in [0.2, 0.25) is 0 Å². The maximum atomic E-state index is 7.75. The summed E-state index contributed by atoms with van der Waals surface area (Å²) in [5, 5.41) is 7.07. The fourth-order valence-corrected chi connectivity index (χ4v) is 14.7. The van der Waals surface area contributed by atoms with Gasteiger partial charge in [-0.05, 0) is 116 Å². The molecular formula is C71H45N7O. The Morgan fingerprint density at radius 2 is 1.05 bits per heavy atom. The van der Waals surface area contributed by atoms with Crippen molar-refractivity contribution in [3.05, 3.63) is 257 Å². The number of rotatable bonds is 4. The van der Waals surface area contributed by atoms with Crippen LogP contribution in [0.5, 0.6) is 0 Å². The first-order valence-corrected chi connectivity index (χ1v) is 27.3. The summed E-state index contributed by atoms with van der Waals surface area (Å²) in [6, 6.07) is 72.4. The van der Waals surface area contributed by atoms with Gasteiger partial charge in [0, 0.05) is 56.0 Å². The number of fused-ring (bicyclic) bond motifs is 18. The van der Waals surface area contributed by atoms with Crippen molar-refractivity contribution < 1.29 is 4.42 Å². The third-order valence-electron chi connectivity index (χ3n) is 18.0. The molecule has 0 atom stereocenters. The van der Waals surface area contributed by atoms with E-state index in [1.165, 1.54) is 49.7 Å². The fraction of sp³-hybridized carbons (Fsp3) is 0.0845. The first-order valence-electron chi connectivity index (χ1n) is 27.3. The largest absolute Gasteiger partial charge is 0.453 e. The molecule has 3 aliphatic carbocycles. The van der Waals surface area contributed by atoms with Gasteiger partial charge < -0.3 is 9.32 Å². The smallest absolute Gasteiger partial charge is 0.238 e. The molecule has 6 heterocycles. The Labute approximate surface area is 454 Å². The van der Waals surface area contributed by atoms with Gasteiger partial charge in [0.1, 0.15) is 5.58 Å². The van der Waals surface area contributed by atoms with E-state index in [9.17, 15) is 0 Å². The van der Waals surface area contributed by atoms with E-state index in [4.69, 9.17) is 29.3 Å². The predicted molar refractivity (Wildman–Crippen MR) is 316 cm³/mol. The van der Waals surface area contributed by atoms with Gasteiger partial charge in [0.25, 0.3) is 0 Å². The SMILES string of the molecule is CC1(C)c2ccccc2N(c2cccc3c2oc2c4c(ccc23)C2(c3cccnc3-c3ncccc32)c2ccc3c5c(ccc-4c25)CC3)c2cc3c(cc21)c1ccccc1n3-c1nc(-c2ccccc2)nc(-c2ccccc2)n1. The van der Waals surface area contributed by atoms with Crippen molar-refractivity contribution in [1.29, 1.82) is 0 Å². The van der Waals surface area contributed by atoms with Crippen molar-refractivity contribution in [1.82, 2.24) is 29.5 Å². The maximum Gasteiger partial charge on any atom is 0.238 e. The molecule has 4 aliphatic rings. The van der Waals surface area contributed by atoms with Crippen molar-refractivity contribution in [3.63, 3.8) is 0 Å². The van der Waals surface area contributed by atoms with E-state index in [0.29, 0.717) is 17.6 Å². The lowest BCUT2D eigenvalue weighted by molar-refractivity contribution is 0.631. The number of hydrogen-bond acceptors (Lipinski definition) is 7. The number of aryl methyl sites for hydroxylation is 2. The third-order valence-corrected chi connectivity index (χ3v) is 18.0. The van der Waals surface area contributed by atoms with Crippen LogP contribution >= 0.6 is 0 Å². The van der Waals surface area contributed by atoms with Crippen LogP contribution in [0.25, 0.3) is 106 Å². The molecule has 8 nitrogen and oxygen atoms in total. The second-order valence-electron chi connectivity index (χ2n) is 22.2. The normalized spacial score (nSPS) is 14.8. The number of nitrogens with zero attached hydrogens (tertiary/aromatic N) is 7. The van der Waals surface area contributed by atoms with Gasteiger partial charge in [0.05, 0.1) is 44.9 Å². The Morgan fingerprint density at radius 1 is 0.430 bits per heavy atom. The second kappa shape index (κ2) is 15.3. The van der Waals surface area contributed by atoms with Crippen LogP contribution in [0.3, 0.4) is 0 Å². The Hall–Kier alpha value is -10.1. The molecule has 0 radical (unpaired) electrons. The van der Waals surface area contributed by atoms with Crippen molar-refractivity contribution in [2.45, 2.75) is 37.5 Å². The Balaban J connectivity index is 0.922. The molecule has 0 N–H and O–H groups in total. The van der Waals surface area contributed by atoms with Gasteiger partial charge in [-0.3, -0.25) is 14.5 Å². The zero-order chi connectivity index (χ0) is 51.9. The van der Waals surface area contributed by atoms with E-state index in [0.717, 1.165) is 113 Å². The van der Waals surface area contributed by atoms with Crippen LogP contribution < -0.4 is 4.90 Å². The standard InChI is InChI=1S/C71H45N7O/c1-70(2)49-22-10-12-26-56(49)77(59-39-58-48(38-54(59)70)44-20-9-11-25-55(44)78(58)69-75-67(42-16-5-3-6-17-42)74-68(76-69)43-18-7-4-8-19-43)57-27-13-21-45-46-33-35-51-62(66(46)79-65(45)57)47-32-30-40-28-29-41-31-34-50(61(47)60(40)41)71(51)52-23-14-36-72-63(52)64-53(71)24-15-37-73-64/h3-27,30-39H,28-29H2,1-2H3. The minimum absolute atomic E-state index is 0.381. The lowest BCUT2D eigenvalue weighted by Gasteiger charge is -2.42. The Bertz CT molecular complexity index is 4900. The van der Waals surface area contributed by atoms with Crippen molar-refractivity contribution in [2.75, 3.05) is 4.90 Å². The molecule has 370 valence electrons. The number of anilines is 3. The highest BCUT2D eigenvalue weighted by Gasteiger charge is 2.52.